The average Bonchev–Trinajstić information content (AvgIpc) is 2.51. The van der Waals surface area contributed by atoms with Crippen LogP contribution in [0.1, 0.15) is 25.7 Å². The maximum Gasteiger partial charge on any atom is 0.00342 e. The van der Waals surface area contributed by atoms with Crippen molar-refractivity contribution in [3.63, 3.8) is 0 Å². The zero-order chi connectivity index (χ0) is 5.82. The van der Waals surface area contributed by atoms with Crippen LogP contribution in [0.2, 0.25) is 0 Å². The smallest absolute Gasteiger partial charge is 0.00342 e. The summed E-state index contributed by atoms with van der Waals surface area (Å²) >= 11 is 3.39. The third kappa shape index (κ3) is 2.51. The van der Waals surface area contributed by atoms with E-state index in [9.17, 15) is 0 Å². The summed E-state index contributed by atoms with van der Waals surface area (Å²) in [5, 5.41) is 1.15. The van der Waals surface area contributed by atoms with Crippen LogP contribution in [0.5, 0.6) is 0 Å². The van der Waals surface area contributed by atoms with Gasteiger partial charge >= 0.3 is 0 Å². The first-order chi connectivity index (χ1) is 3.93. The van der Waals surface area contributed by atoms with E-state index in [1.165, 1.54) is 25.7 Å². The van der Waals surface area contributed by atoms with Gasteiger partial charge in [0.1, 0.15) is 0 Å². The van der Waals surface area contributed by atoms with Crippen molar-refractivity contribution in [2.24, 2.45) is 0 Å². The summed E-state index contributed by atoms with van der Waals surface area (Å²) in [6.45, 7) is 0. The second-order valence-electron chi connectivity index (χ2n) is 2.19. The Labute approximate surface area is 59.1 Å². The van der Waals surface area contributed by atoms with Gasteiger partial charge in [0.2, 0.25) is 0 Å². The molecule has 1 saturated carbocycles. The van der Waals surface area contributed by atoms with E-state index in [1.54, 1.807) is 5.57 Å². The minimum atomic E-state index is 1.15. The molecule has 0 aliphatic heterocycles. The van der Waals surface area contributed by atoms with Crippen LogP contribution >= 0.6 is 15.9 Å². The molecule has 0 aromatic rings. The van der Waals surface area contributed by atoms with E-state index in [0.717, 1.165) is 5.33 Å². The van der Waals surface area contributed by atoms with Gasteiger partial charge in [0, 0.05) is 5.33 Å². The standard InChI is InChI=1S/C7H11Br/c8-6-2-1-3-7-4-5-7/h3H,1-2,4-6H2. The zero-order valence-corrected chi connectivity index (χ0v) is 6.58. The van der Waals surface area contributed by atoms with Crippen molar-refractivity contribution in [1.82, 2.24) is 0 Å². The van der Waals surface area contributed by atoms with E-state index in [2.05, 4.69) is 22.0 Å². The van der Waals surface area contributed by atoms with Gasteiger partial charge in [-0.2, -0.15) is 0 Å². The van der Waals surface area contributed by atoms with Crippen LogP contribution in [0, 0.1) is 0 Å². The molecule has 1 aliphatic carbocycles. The molecule has 0 heterocycles. The van der Waals surface area contributed by atoms with Crippen molar-refractivity contribution in [2.75, 3.05) is 5.33 Å². The van der Waals surface area contributed by atoms with E-state index in [1.807, 2.05) is 0 Å². The van der Waals surface area contributed by atoms with Gasteiger partial charge in [-0.15, -0.1) is 0 Å². The van der Waals surface area contributed by atoms with E-state index in [-0.39, 0.29) is 0 Å². The second-order valence-corrected chi connectivity index (χ2v) is 2.99. The molecule has 8 heavy (non-hydrogen) atoms. The Bertz CT molecular complexity index is 88.6. The molecule has 0 radical (unpaired) electrons. The first-order valence-corrected chi connectivity index (χ1v) is 4.29. The molecule has 0 aromatic heterocycles. The molecule has 0 aromatic carbocycles. The highest BCUT2D eigenvalue weighted by molar-refractivity contribution is 9.09. The summed E-state index contributed by atoms with van der Waals surface area (Å²) in [6.07, 6.45) is 7.70. The molecule has 46 valence electrons. The SMILES string of the molecule is BrCCCC=C1CC1. The third-order valence-electron chi connectivity index (χ3n) is 1.31. The largest absolute Gasteiger partial charge is 0.0928 e. The Morgan fingerprint density at radius 3 is 2.75 bits per heavy atom. The second kappa shape index (κ2) is 3.29. The molecular formula is C7H11Br. The molecule has 0 bridgehead atoms. The summed E-state index contributed by atoms with van der Waals surface area (Å²) in [5.41, 5.74) is 1.67. The first-order valence-electron chi connectivity index (χ1n) is 3.17. The van der Waals surface area contributed by atoms with Gasteiger partial charge in [-0.25, -0.2) is 0 Å². The maximum absolute atomic E-state index is 3.39. The molecular weight excluding hydrogens is 164 g/mol. The van der Waals surface area contributed by atoms with E-state index >= 15 is 0 Å². The zero-order valence-electron chi connectivity index (χ0n) is 4.99. The number of hydrogen-bond acceptors (Lipinski definition) is 0. The van der Waals surface area contributed by atoms with Crippen LogP contribution in [-0.4, -0.2) is 5.33 Å². The van der Waals surface area contributed by atoms with Gasteiger partial charge in [-0.3, -0.25) is 0 Å². The summed E-state index contributed by atoms with van der Waals surface area (Å²) in [6, 6.07) is 0. The van der Waals surface area contributed by atoms with Gasteiger partial charge < -0.3 is 0 Å². The Morgan fingerprint density at radius 2 is 2.25 bits per heavy atom. The number of unbranched alkanes of at least 4 members (excludes halogenated alkanes) is 1. The topological polar surface area (TPSA) is 0 Å². The predicted octanol–water partition coefficient (Wildman–Crippen LogP) is 2.88. The van der Waals surface area contributed by atoms with Gasteiger partial charge in [0.15, 0.2) is 0 Å². The molecule has 0 N–H and O–H groups in total. The Kier molecular flexibility index (Phi) is 2.60. The highest BCUT2D eigenvalue weighted by atomic mass is 79.9. The number of alkyl halides is 1. The highest BCUT2D eigenvalue weighted by Crippen LogP contribution is 2.27. The summed E-state index contributed by atoms with van der Waals surface area (Å²) in [4.78, 5) is 0. The molecule has 1 rings (SSSR count). The van der Waals surface area contributed by atoms with Crippen LogP contribution in [-0.2, 0) is 0 Å². The Morgan fingerprint density at radius 1 is 1.50 bits per heavy atom. The number of hydrogen-bond donors (Lipinski definition) is 0. The Hall–Kier alpha value is 0.220. The number of allylic oxidation sites excluding steroid dienone is 2. The van der Waals surface area contributed by atoms with Gasteiger partial charge in [-0.1, -0.05) is 27.6 Å². The van der Waals surface area contributed by atoms with Gasteiger partial charge in [-0.05, 0) is 25.7 Å². The van der Waals surface area contributed by atoms with E-state index < -0.39 is 0 Å². The minimum absolute atomic E-state index is 1.15. The minimum Gasteiger partial charge on any atom is -0.0928 e. The fourth-order valence-corrected chi connectivity index (χ4v) is 0.983. The number of rotatable bonds is 3. The molecule has 1 fully saturated rings. The van der Waals surface area contributed by atoms with Gasteiger partial charge in [0.25, 0.3) is 0 Å². The van der Waals surface area contributed by atoms with Crippen LogP contribution < -0.4 is 0 Å². The molecule has 1 heteroatoms. The van der Waals surface area contributed by atoms with Crippen molar-refractivity contribution in [3.05, 3.63) is 11.6 Å². The lowest BCUT2D eigenvalue weighted by atomic mass is 10.3. The van der Waals surface area contributed by atoms with E-state index in [4.69, 9.17) is 0 Å². The van der Waals surface area contributed by atoms with Crippen molar-refractivity contribution in [1.29, 1.82) is 0 Å². The monoisotopic (exact) mass is 174 g/mol. The molecule has 0 nitrogen and oxygen atoms in total. The van der Waals surface area contributed by atoms with Crippen molar-refractivity contribution in [2.45, 2.75) is 25.7 Å². The number of halogens is 1. The van der Waals surface area contributed by atoms with Crippen molar-refractivity contribution >= 4 is 15.9 Å². The lowest BCUT2D eigenvalue weighted by Crippen LogP contribution is -1.68. The molecule has 0 unspecified atom stereocenters. The first kappa shape index (κ1) is 6.34. The average molecular weight is 175 g/mol. The summed E-state index contributed by atoms with van der Waals surface area (Å²) < 4.78 is 0. The summed E-state index contributed by atoms with van der Waals surface area (Å²) in [7, 11) is 0. The predicted molar refractivity (Wildman–Crippen MR) is 40.3 cm³/mol. The quantitative estimate of drug-likeness (QED) is 0.351. The fourth-order valence-electron chi connectivity index (χ4n) is 0.660. The van der Waals surface area contributed by atoms with Crippen LogP contribution in [0.25, 0.3) is 0 Å². The molecule has 1 aliphatic rings. The van der Waals surface area contributed by atoms with Crippen molar-refractivity contribution in [3.8, 4) is 0 Å². The van der Waals surface area contributed by atoms with Gasteiger partial charge in [0.05, 0.1) is 0 Å². The lowest BCUT2D eigenvalue weighted by molar-refractivity contribution is 0.976. The molecule has 0 amide bonds. The highest BCUT2D eigenvalue weighted by Gasteiger charge is 2.08. The lowest BCUT2D eigenvalue weighted by Gasteiger charge is -1.83. The van der Waals surface area contributed by atoms with E-state index in [0.29, 0.717) is 0 Å². The molecule has 0 atom stereocenters. The van der Waals surface area contributed by atoms with Crippen molar-refractivity contribution < 1.29 is 0 Å². The Balaban J connectivity index is 1.95. The molecule has 0 saturated heterocycles. The third-order valence-corrected chi connectivity index (χ3v) is 1.87. The van der Waals surface area contributed by atoms with Crippen LogP contribution in [0.15, 0.2) is 11.6 Å². The summed E-state index contributed by atoms with van der Waals surface area (Å²) in [5.74, 6) is 0. The fraction of sp³-hybridized carbons (Fsp3) is 0.714. The molecule has 0 spiro atoms. The normalized spacial score (nSPS) is 16.4. The maximum atomic E-state index is 3.39. The van der Waals surface area contributed by atoms with Crippen LogP contribution in [0.3, 0.4) is 0 Å². The van der Waals surface area contributed by atoms with Crippen LogP contribution in [0.4, 0.5) is 0 Å².